The second kappa shape index (κ2) is 4.01. The van der Waals surface area contributed by atoms with E-state index in [9.17, 15) is 5.11 Å². The lowest BCUT2D eigenvalue weighted by Gasteiger charge is -2.10. The average Bonchev–Trinajstić information content (AvgIpc) is 2.31. The van der Waals surface area contributed by atoms with E-state index in [1.54, 1.807) is 11.8 Å². The van der Waals surface area contributed by atoms with Gasteiger partial charge in [0.1, 0.15) is 0 Å². The molecule has 2 atom stereocenters. The average molecular weight is 159 g/mol. The van der Waals surface area contributed by atoms with Crippen molar-refractivity contribution in [2.45, 2.75) is 11.4 Å². The quantitative estimate of drug-likeness (QED) is 0.579. The van der Waals surface area contributed by atoms with Crippen LogP contribution in [-0.2, 0) is 0 Å². The van der Waals surface area contributed by atoms with Gasteiger partial charge in [0.15, 0.2) is 0 Å². The molecule has 2 nitrogen and oxygen atoms in total. The summed E-state index contributed by atoms with van der Waals surface area (Å²) in [4.78, 5) is 0. The molecule has 0 saturated carbocycles. The van der Waals surface area contributed by atoms with Gasteiger partial charge in [-0.2, -0.15) is 11.8 Å². The lowest BCUT2D eigenvalue weighted by atomic mass is 10.3. The Bertz CT molecular complexity index is 118. The highest BCUT2D eigenvalue weighted by molar-refractivity contribution is 8.00. The maximum Gasteiger partial charge on any atom is 0.0795 e. The molecule has 1 heterocycles. The highest BCUT2D eigenvalue weighted by Crippen LogP contribution is 2.17. The Hall–Kier alpha value is 0.01000. The number of aliphatic hydroxyl groups is 1. The van der Waals surface area contributed by atoms with Crippen LogP contribution in [0.4, 0.5) is 0 Å². The Morgan fingerprint density at radius 3 is 3.00 bits per heavy atom. The monoisotopic (exact) mass is 159 g/mol. The van der Waals surface area contributed by atoms with Gasteiger partial charge in [0.05, 0.1) is 6.10 Å². The molecule has 1 saturated heterocycles. The first kappa shape index (κ1) is 8.11. The zero-order valence-electron chi connectivity index (χ0n) is 5.92. The predicted molar refractivity (Wildman–Crippen MR) is 45.3 cm³/mol. The Labute approximate surface area is 65.7 Å². The first-order valence-electron chi connectivity index (χ1n) is 3.46. The van der Waals surface area contributed by atoms with Gasteiger partial charge in [-0.1, -0.05) is 6.08 Å². The Morgan fingerprint density at radius 1 is 1.70 bits per heavy atom. The molecule has 1 rings (SSSR count). The van der Waals surface area contributed by atoms with Crippen LogP contribution in [0.1, 0.15) is 0 Å². The van der Waals surface area contributed by atoms with E-state index in [1.165, 1.54) is 0 Å². The number of thioether (sulfide) groups is 1. The second-order valence-electron chi connectivity index (χ2n) is 2.39. The zero-order chi connectivity index (χ0) is 7.40. The minimum Gasteiger partial charge on any atom is -0.391 e. The van der Waals surface area contributed by atoms with Crippen LogP contribution in [0.3, 0.4) is 0 Å². The van der Waals surface area contributed by atoms with Gasteiger partial charge in [-0.25, -0.2) is 0 Å². The van der Waals surface area contributed by atoms with Crippen molar-refractivity contribution in [3.05, 3.63) is 12.7 Å². The lowest BCUT2D eigenvalue weighted by molar-refractivity contribution is 0.201. The van der Waals surface area contributed by atoms with Gasteiger partial charge < -0.3 is 10.4 Å². The van der Waals surface area contributed by atoms with Gasteiger partial charge in [-0.05, 0) is 0 Å². The largest absolute Gasteiger partial charge is 0.391 e. The van der Waals surface area contributed by atoms with Gasteiger partial charge in [-0.15, -0.1) is 6.58 Å². The highest BCUT2D eigenvalue weighted by Gasteiger charge is 2.24. The van der Waals surface area contributed by atoms with Gasteiger partial charge in [-0.3, -0.25) is 0 Å². The van der Waals surface area contributed by atoms with Crippen LogP contribution in [0.25, 0.3) is 0 Å². The maximum atomic E-state index is 9.30. The van der Waals surface area contributed by atoms with Gasteiger partial charge in [0.2, 0.25) is 0 Å². The van der Waals surface area contributed by atoms with E-state index in [4.69, 9.17) is 0 Å². The van der Waals surface area contributed by atoms with Crippen molar-refractivity contribution in [2.24, 2.45) is 0 Å². The molecule has 0 radical (unpaired) electrons. The first-order valence-corrected chi connectivity index (χ1v) is 4.50. The Morgan fingerprint density at radius 2 is 2.50 bits per heavy atom. The van der Waals surface area contributed by atoms with Crippen molar-refractivity contribution in [1.29, 1.82) is 0 Å². The third-order valence-electron chi connectivity index (χ3n) is 1.56. The summed E-state index contributed by atoms with van der Waals surface area (Å²) in [6.45, 7) is 5.30. The standard InChI is InChI=1S/C7H13NOS/c1-2-3-10-7-5-8-4-6(7)9/h2,6-9H,1,3-5H2/t6-,7-/m1/s1. The summed E-state index contributed by atoms with van der Waals surface area (Å²) in [5.74, 6) is 0.934. The van der Waals surface area contributed by atoms with Crippen molar-refractivity contribution in [3.63, 3.8) is 0 Å². The molecule has 0 amide bonds. The van der Waals surface area contributed by atoms with Crippen LogP contribution in [0.5, 0.6) is 0 Å². The van der Waals surface area contributed by atoms with Gasteiger partial charge >= 0.3 is 0 Å². The van der Waals surface area contributed by atoms with E-state index >= 15 is 0 Å². The summed E-state index contributed by atoms with van der Waals surface area (Å²) in [6.07, 6.45) is 1.71. The SMILES string of the molecule is C=CCS[C@@H]1CNC[C@H]1O. The summed E-state index contributed by atoms with van der Waals surface area (Å²) >= 11 is 1.76. The number of aliphatic hydroxyl groups excluding tert-OH is 1. The molecule has 10 heavy (non-hydrogen) atoms. The van der Waals surface area contributed by atoms with Crippen molar-refractivity contribution < 1.29 is 5.11 Å². The molecule has 1 aliphatic rings. The third-order valence-corrected chi connectivity index (χ3v) is 2.89. The minimum atomic E-state index is -0.162. The van der Waals surface area contributed by atoms with Crippen LogP contribution in [0.15, 0.2) is 12.7 Å². The number of rotatable bonds is 3. The van der Waals surface area contributed by atoms with E-state index in [2.05, 4.69) is 11.9 Å². The van der Waals surface area contributed by atoms with Crippen molar-refractivity contribution >= 4 is 11.8 Å². The maximum absolute atomic E-state index is 9.30. The topological polar surface area (TPSA) is 32.3 Å². The van der Waals surface area contributed by atoms with Crippen molar-refractivity contribution in [1.82, 2.24) is 5.32 Å². The molecule has 0 spiro atoms. The fourth-order valence-corrected chi connectivity index (χ4v) is 1.94. The van der Waals surface area contributed by atoms with Gasteiger partial charge in [0, 0.05) is 24.1 Å². The molecule has 0 unspecified atom stereocenters. The Kier molecular flexibility index (Phi) is 3.25. The second-order valence-corrected chi connectivity index (χ2v) is 3.66. The fraction of sp³-hybridized carbons (Fsp3) is 0.714. The summed E-state index contributed by atoms with van der Waals surface area (Å²) in [6, 6.07) is 0. The highest BCUT2D eigenvalue weighted by atomic mass is 32.2. The van der Waals surface area contributed by atoms with Crippen molar-refractivity contribution in [2.75, 3.05) is 18.8 Å². The normalized spacial score (nSPS) is 32.5. The molecule has 1 aliphatic heterocycles. The summed E-state index contributed by atoms with van der Waals surface area (Å²) in [5.41, 5.74) is 0. The smallest absolute Gasteiger partial charge is 0.0795 e. The molecule has 0 aromatic carbocycles. The van der Waals surface area contributed by atoms with Crippen LogP contribution >= 0.6 is 11.8 Å². The number of β-amino-alcohol motifs (C(OH)–C–C–N with tert-alkyl or cyclic N) is 1. The zero-order valence-corrected chi connectivity index (χ0v) is 6.73. The number of nitrogens with one attached hydrogen (secondary N) is 1. The summed E-state index contributed by atoms with van der Waals surface area (Å²) < 4.78 is 0. The number of hydrogen-bond acceptors (Lipinski definition) is 3. The van der Waals surface area contributed by atoms with Crippen LogP contribution in [-0.4, -0.2) is 35.3 Å². The van der Waals surface area contributed by atoms with E-state index < -0.39 is 0 Å². The summed E-state index contributed by atoms with van der Waals surface area (Å²) in [5, 5.41) is 12.8. The molecule has 0 aromatic heterocycles. The van der Waals surface area contributed by atoms with Crippen LogP contribution < -0.4 is 5.32 Å². The first-order chi connectivity index (χ1) is 4.84. The van der Waals surface area contributed by atoms with E-state index in [-0.39, 0.29) is 6.10 Å². The van der Waals surface area contributed by atoms with Crippen LogP contribution in [0.2, 0.25) is 0 Å². The summed E-state index contributed by atoms with van der Waals surface area (Å²) in [7, 11) is 0. The van der Waals surface area contributed by atoms with Crippen molar-refractivity contribution in [3.8, 4) is 0 Å². The predicted octanol–water partition coefficient (Wildman–Crippen LogP) is 0.238. The third kappa shape index (κ3) is 2.01. The lowest BCUT2D eigenvalue weighted by Crippen LogP contribution is -2.20. The number of hydrogen-bond donors (Lipinski definition) is 2. The molecule has 2 N–H and O–H groups in total. The molecule has 3 heteroatoms. The molecule has 1 fully saturated rings. The molecule has 0 aliphatic carbocycles. The van der Waals surface area contributed by atoms with Gasteiger partial charge in [0.25, 0.3) is 0 Å². The van der Waals surface area contributed by atoms with E-state index in [0.717, 1.165) is 18.8 Å². The molecular formula is C7H13NOS. The fourth-order valence-electron chi connectivity index (χ4n) is 1.00. The molecule has 0 aromatic rings. The molecule has 58 valence electrons. The van der Waals surface area contributed by atoms with E-state index in [1.807, 2.05) is 6.08 Å². The minimum absolute atomic E-state index is 0.162. The van der Waals surface area contributed by atoms with Crippen LogP contribution in [0, 0.1) is 0 Å². The molecular weight excluding hydrogens is 146 g/mol. The Balaban J connectivity index is 2.19. The molecule has 0 bridgehead atoms. The van der Waals surface area contributed by atoms with E-state index in [0.29, 0.717) is 5.25 Å².